The third-order valence-electron chi connectivity index (χ3n) is 2.66. The molecule has 1 aromatic rings. The number of methoxy groups -OCH3 is 1. The normalized spacial score (nSPS) is 13.6. The SMILES string of the molecule is COC(=O)C(O)C(O)c1cccc(CCC(=O)O)c1. The highest BCUT2D eigenvalue weighted by molar-refractivity contribution is 5.75. The zero-order valence-electron chi connectivity index (χ0n) is 10.4. The van der Waals surface area contributed by atoms with Gasteiger partial charge in [0, 0.05) is 6.42 Å². The second kappa shape index (κ2) is 6.86. The quantitative estimate of drug-likeness (QED) is 0.640. The summed E-state index contributed by atoms with van der Waals surface area (Å²) in [5.74, 6) is -1.84. The van der Waals surface area contributed by atoms with Gasteiger partial charge in [-0.15, -0.1) is 0 Å². The number of benzene rings is 1. The minimum atomic E-state index is -1.67. The van der Waals surface area contributed by atoms with E-state index in [0.29, 0.717) is 17.5 Å². The Morgan fingerprint density at radius 3 is 2.58 bits per heavy atom. The summed E-state index contributed by atoms with van der Waals surface area (Å²) >= 11 is 0. The number of carboxylic acid groups (broad SMARTS) is 1. The fourth-order valence-electron chi connectivity index (χ4n) is 1.62. The second-order valence-electron chi connectivity index (χ2n) is 4.05. The predicted molar refractivity (Wildman–Crippen MR) is 65.4 cm³/mol. The number of aliphatic hydroxyl groups is 2. The van der Waals surface area contributed by atoms with E-state index < -0.39 is 24.1 Å². The Hall–Kier alpha value is -1.92. The van der Waals surface area contributed by atoms with Crippen LogP contribution in [0.25, 0.3) is 0 Å². The highest BCUT2D eigenvalue weighted by Crippen LogP contribution is 2.19. The van der Waals surface area contributed by atoms with Crippen LogP contribution in [0.5, 0.6) is 0 Å². The first-order chi connectivity index (χ1) is 8.95. The van der Waals surface area contributed by atoms with E-state index in [1.165, 1.54) is 0 Å². The summed E-state index contributed by atoms with van der Waals surface area (Å²) in [6.07, 6.45) is -2.79. The largest absolute Gasteiger partial charge is 0.481 e. The van der Waals surface area contributed by atoms with Crippen LogP contribution in [0.1, 0.15) is 23.7 Å². The monoisotopic (exact) mass is 268 g/mol. The smallest absolute Gasteiger partial charge is 0.337 e. The van der Waals surface area contributed by atoms with E-state index in [9.17, 15) is 19.8 Å². The van der Waals surface area contributed by atoms with E-state index in [0.717, 1.165) is 7.11 Å². The number of hydrogen-bond acceptors (Lipinski definition) is 5. The van der Waals surface area contributed by atoms with Crippen LogP contribution in [0.4, 0.5) is 0 Å². The number of aliphatic carboxylic acids is 1. The Bertz CT molecular complexity index is 456. The Labute approximate surface area is 110 Å². The summed E-state index contributed by atoms with van der Waals surface area (Å²) in [7, 11) is 1.11. The molecule has 0 radical (unpaired) electrons. The number of hydrogen-bond donors (Lipinski definition) is 3. The standard InChI is InChI=1S/C13H16O6/c1-19-13(18)12(17)11(16)9-4-2-3-8(7-9)5-6-10(14)15/h2-4,7,11-12,16-17H,5-6H2,1H3,(H,14,15). The van der Waals surface area contributed by atoms with Crippen molar-refractivity contribution in [3.63, 3.8) is 0 Å². The zero-order chi connectivity index (χ0) is 14.4. The van der Waals surface area contributed by atoms with Crippen LogP contribution in [-0.4, -0.2) is 40.5 Å². The van der Waals surface area contributed by atoms with E-state index in [1.807, 2.05) is 0 Å². The lowest BCUT2D eigenvalue weighted by Crippen LogP contribution is -2.29. The Balaban J connectivity index is 2.80. The second-order valence-corrected chi connectivity index (χ2v) is 4.05. The first-order valence-corrected chi connectivity index (χ1v) is 5.70. The molecule has 0 aliphatic heterocycles. The summed E-state index contributed by atoms with van der Waals surface area (Å²) in [6.45, 7) is 0. The van der Waals surface area contributed by atoms with Crippen LogP contribution < -0.4 is 0 Å². The van der Waals surface area contributed by atoms with Crippen LogP contribution >= 0.6 is 0 Å². The van der Waals surface area contributed by atoms with Gasteiger partial charge in [-0.05, 0) is 17.5 Å². The number of ether oxygens (including phenoxy) is 1. The molecule has 2 atom stereocenters. The maximum absolute atomic E-state index is 11.1. The van der Waals surface area contributed by atoms with Crippen molar-refractivity contribution >= 4 is 11.9 Å². The molecule has 0 aromatic heterocycles. The van der Waals surface area contributed by atoms with Gasteiger partial charge in [0.05, 0.1) is 7.11 Å². The first-order valence-electron chi connectivity index (χ1n) is 5.70. The third-order valence-corrected chi connectivity index (χ3v) is 2.66. The van der Waals surface area contributed by atoms with Gasteiger partial charge in [0.2, 0.25) is 0 Å². The van der Waals surface area contributed by atoms with E-state index in [-0.39, 0.29) is 6.42 Å². The molecule has 6 heteroatoms. The Kier molecular flexibility index (Phi) is 5.47. The number of carbonyl (C=O) groups excluding carboxylic acids is 1. The van der Waals surface area contributed by atoms with Gasteiger partial charge in [0.15, 0.2) is 6.10 Å². The molecule has 0 aliphatic carbocycles. The topological polar surface area (TPSA) is 104 Å². The van der Waals surface area contributed by atoms with Gasteiger partial charge < -0.3 is 20.1 Å². The highest BCUT2D eigenvalue weighted by Gasteiger charge is 2.26. The first kappa shape index (κ1) is 15.1. The highest BCUT2D eigenvalue weighted by atomic mass is 16.5. The molecule has 0 spiro atoms. The molecule has 0 bridgehead atoms. The van der Waals surface area contributed by atoms with Crippen molar-refractivity contribution in [3.05, 3.63) is 35.4 Å². The van der Waals surface area contributed by atoms with Gasteiger partial charge in [-0.1, -0.05) is 24.3 Å². The Morgan fingerprint density at radius 1 is 1.32 bits per heavy atom. The fraction of sp³-hybridized carbons (Fsp3) is 0.385. The number of carbonyl (C=O) groups is 2. The molecule has 1 rings (SSSR count). The van der Waals surface area contributed by atoms with Crippen LogP contribution in [-0.2, 0) is 20.7 Å². The van der Waals surface area contributed by atoms with Crippen LogP contribution in [0.2, 0.25) is 0 Å². The van der Waals surface area contributed by atoms with Crippen LogP contribution in [0.15, 0.2) is 24.3 Å². The van der Waals surface area contributed by atoms with Crippen molar-refractivity contribution in [2.45, 2.75) is 25.0 Å². The summed E-state index contributed by atoms with van der Waals surface area (Å²) in [5.41, 5.74) is 1.04. The van der Waals surface area contributed by atoms with Gasteiger partial charge >= 0.3 is 11.9 Å². The molecule has 0 saturated carbocycles. The molecule has 0 aliphatic rings. The van der Waals surface area contributed by atoms with Crippen molar-refractivity contribution in [1.29, 1.82) is 0 Å². The molecule has 0 heterocycles. The molecule has 2 unspecified atom stereocenters. The van der Waals surface area contributed by atoms with Gasteiger partial charge in [0.1, 0.15) is 6.10 Å². The number of rotatable bonds is 6. The van der Waals surface area contributed by atoms with Gasteiger partial charge in [-0.3, -0.25) is 4.79 Å². The minimum Gasteiger partial charge on any atom is -0.481 e. The molecular formula is C13H16O6. The van der Waals surface area contributed by atoms with Crippen LogP contribution in [0.3, 0.4) is 0 Å². The molecule has 3 N–H and O–H groups in total. The van der Waals surface area contributed by atoms with Crippen molar-refractivity contribution in [3.8, 4) is 0 Å². The zero-order valence-corrected chi connectivity index (χ0v) is 10.4. The van der Waals surface area contributed by atoms with E-state index in [1.54, 1.807) is 24.3 Å². The van der Waals surface area contributed by atoms with E-state index >= 15 is 0 Å². The van der Waals surface area contributed by atoms with Gasteiger partial charge in [0.25, 0.3) is 0 Å². The number of carboxylic acids is 1. The van der Waals surface area contributed by atoms with E-state index in [4.69, 9.17) is 5.11 Å². The fourth-order valence-corrected chi connectivity index (χ4v) is 1.62. The number of aliphatic hydroxyl groups excluding tert-OH is 2. The van der Waals surface area contributed by atoms with Gasteiger partial charge in [-0.2, -0.15) is 0 Å². The lowest BCUT2D eigenvalue weighted by atomic mass is 10.00. The lowest BCUT2D eigenvalue weighted by Gasteiger charge is -2.16. The maximum Gasteiger partial charge on any atom is 0.337 e. The van der Waals surface area contributed by atoms with Crippen molar-refractivity contribution in [1.82, 2.24) is 0 Å². The molecule has 0 amide bonds. The number of esters is 1. The summed E-state index contributed by atoms with van der Waals surface area (Å²) < 4.78 is 4.34. The van der Waals surface area contributed by atoms with Crippen LogP contribution in [0, 0.1) is 0 Å². The summed E-state index contributed by atoms with van der Waals surface area (Å²) in [4.78, 5) is 21.6. The maximum atomic E-state index is 11.1. The molecule has 19 heavy (non-hydrogen) atoms. The molecule has 1 aromatic carbocycles. The molecule has 104 valence electrons. The minimum absolute atomic E-state index is 0.0287. The van der Waals surface area contributed by atoms with E-state index in [2.05, 4.69) is 4.74 Å². The lowest BCUT2D eigenvalue weighted by molar-refractivity contribution is -0.156. The molecular weight excluding hydrogens is 252 g/mol. The molecule has 6 nitrogen and oxygen atoms in total. The third kappa shape index (κ3) is 4.35. The summed E-state index contributed by atoms with van der Waals surface area (Å²) in [5, 5.41) is 28.0. The van der Waals surface area contributed by atoms with Crippen molar-refractivity contribution < 1.29 is 29.6 Å². The Morgan fingerprint density at radius 2 is 2.00 bits per heavy atom. The molecule has 0 saturated heterocycles. The van der Waals surface area contributed by atoms with Crippen molar-refractivity contribution in [2.24, 2.45) is 0 Å². The predicted octanol–water partition coefficient (Wildman–Crippen LogP) is 0.271. The summed E-state index contributed by atoms with van der Waals surface area (Å²) in [6, 6.07) is 6.43. The molecule has 0 fully saturated rings. The average molecular weight is 268 g/mol. The van der Waals surface area contributed by atoms with Gasteiger partial charge in [-0.25, -0.2) is 4.79 Å². The van der Waals surface area contributed by atoms with Crippen molar-refractivity contribution in [2.75, 3.05) is 7.11 Å². The average Bonchev–Trinajstić information content (AvgIpc) is 2.42. The number of aryl methyl sites for hydroxylation is 1.